The van der Waals surface area contributed by atoms with Gasteiger partial charge in [0.15, 0.2) is 0 Å². The molecular weight excluding hydrogens is 490 g/mol. The number of nitrogens with one attached hydrogen (secondary N) is 3. The van der Waals surface area contributed by atoms with E-state index in [-0.39, 0.29) is 30.3 Å². The molecule has 1 aliphatic carbocycles. The summed E-state index contributed by atoms with van der Waals surface area (Å²) in [5, 5.41) is 9.35. The molecule has 3 aliphatic rings. The third-order valence-electron chi connectivity index (χ3n) is 8.12. The first-order valence-electron chi connectivity index (χ1n) is 13.4. The van der Waals surface area contributed by atoms with Crippen LogP contribution in [0, 0.1) is 5.41 Å². The Morgan fingerprint density at radius 1 is 1.05 bits per heavy atom. The van der Waals surface area contributed by atoms with Gasteiger partial charge in [-0.3, -0.25) is 14.4 Å². The van der Waals surface area contributed by atoms with Gasteiger partial charge in [0.05, 0.1) is 11.5 Å². The lowest BCUT2D eigenvalue weighted by Gasteiger charge is -2.39. The zero-order chi connectivity index (χ0) is 27.4. The lowest BCUT2D eigenvalue weighted by molar-refractivity contribution is -0.144. The maximum absolute atomic E-state index is 13.6. The quantitative estimate of drug-likeness (QED) is 0.484. The highest BCUT2D eigenvalue weighted by molar-refractivity contribution is 6.06. The molecule has 8 heteroatoms. The van der Waals surface area contributed by atoms with Gasteiger partial charge in [0.25, 0.3) is 0 Å². The van der Waals surface area contributed by atoms with Gasteiger partial charge in [0.1, 0.15) is 12.4 Å². The maximum Gasteiger partial charge on any atom is 0.244 e. The number of carbonyl (C=O) groups excluding carboxylic acids is 3. The van der Waals surface area contributed by atoms with Crippen molar-refractivity contribution in [1.82, 2.24) is 15.2 Å². The Bertz CT molecular complexity index is 1490. The Hall–Kier alpha value is -4.04. The maximum atomic E-state index is 13.6. The molecule has 39 heavy (non-hydrogen) atoms. The Labute approximate surface area is 228 Å². The monoisotopic (exact) mass is 523 g/mol. The van der Waals surface area contributed by atoms with Gasteiger partial charge in [-0.25, -0.2) is 4.98 Å². The fourth-order valence-corrected chi connectivity index (χ4v) is 6.21. The van der Waals surface area contributed by atoms with Crippen LogP contribution in [-0.2, 0) is 39.2 Å². The van der Waals surface area contributed by atoms with E-state index in [1.165, 1.54) is 0 Å². The number of benzene rings is 2. The number of hydrogen-bond donors (Lipinski definition) is 3. The van der Waals surface area contributed by atoms with Gasteiger partial charge < -0.3 is 20.9 Å². The molecular formula is C31H33N5O3. The fourth-order valence-electron chi connectivity index (χ4n) is 6.21. The van der Waals surface area contributed by atoms with E-state index in [1.54, 1.807) is 11.1 Å². The molecule has 0 fully saturated rings. The number of hydrogen-bond acceptors (Lipinski definition) is 5. The van der Waals surface area contributed by atoms with Gasteiger partial charge in [0.2, 0.25) is 17.7 Å². The summed E-state index contributed by atoms with van der Waals surface area (Å²) in [6.45, 7) is 6.92. The van der Waals surface area contributed by atoms with Crippen molar-refractivity contribution in [3.63, 3.8) is 0 Å². The van der Waals surface area contributed by atoms with Crippen LogP contribution in [0.4, 0.5) is 11.5 Å². The Morgan fingerprint density at radius 3 is 2.67 bits per heavy atom. The van der Waals surface area contributed by atoms with E-state index in [0.717, 1.165) is 34.4 Å². The number of fused-ring (bicyclic) bond motifs is 4. The molecule has 0 saturated carbocycles. The Morgan fingerprint density at radius 2 is 1.85 bits per heavy atom. The molecule has 2 unspecified atom stereocenters. The highest BCUT2D eigenvalue weighted by Gasteiger charge is 2.51. The highest BCUT2D eigenvalue weighted by Crippen LogP contribution is 2.47. The topological polar surface area (TPSA) is 103 Å². The number of pyridine rings is 1. The molecule has 2 aromatic carbocycles. The lowest BCUT2D eigenvalue weighted by Crippen LogP contribution is -2.49. The van der Waals surface area contributed by atoms with Gasteiger partial charge in [-0.1, -0.05) is 57.2 Å². The molecule has 1 aromatic heterocycles. The molecule has 3 aromatic rings. The van der Waals surface area contributed by atoms with Gasteiger partial charge in [-0.15, -0.1) is 0 Å². The smallest absolute Gasteiger partial charge is 0.244 e. The standard InChI is InChI=1S/C31H33N5O3/c1-30(2,3)29(39)36(25-17-32-16-20-7-4-5-8-23(20)25)18-26(37)34-22-11-10-19-14-31(15-21(19)13-22)24-9-6-12-33-27(24)35-28(31)38/h4-13,25,32H,14-18H2,1-3H3,(H,34,37)(H,33,35,38). The third kappa shape index (κ3) is 4.38. The van der Waals surface area contributed by atoms with Gasteiger partial charge in [-0.05, 0) is 53.3 Å². The Kier molecular flexibility index (Phi) is 6.03. The largest absolute Gasteiger partial charge is 0.325 e. The molecule has 2 aliphatic heterocycles. The van der Waals surface area contributed by atoms with Crippen LogP contribution in [0.15, 0.2) is 60.8 Å². The zero-order valence-corrected chi connectivity index (χ0v) is 22.5. The van der Waals surface area contributed by atoms with Crippen molar-refractivity contribution >= 4 is 29.2 Å². The van der Waals surface area contributed by atoms with Crippen LogP contribution in [0.3, 0.4) is 0 Å². The molecule has 2 atom stereocenters. The average Bonchev–Trinajstić information content (AvgIpc) is 3.43. The summed E-state index contributed by atoms with van der Waals surface area (Å²) in [5.41, 5.74) is 4.63. The van der Waals surface area contributed by atoms with Crippen molar-refractivity contribution in [2.45, 2.75) is 51.6 Å². The van der Waals surface area contributed by atoms with E-state index in [1.807, 2.05) is 69.3 Å². The minimum absolute atomic E-state index is 0.0318. The van der Waals surface area contributed by atoms with Gasteiger partial charge in [-0.2, -0.15) is 0 Å². The van der Waals surface area contributed by atoms with E-state index >= 15 is 0 Å². The van der Waals surface area contributed by atoms with Crippen molar-refractivity contribution in [1.29, 1.82) is 0 Å². The van der Waals surface area contributed by atoms with E-state index in [0.29, 0.717) is 30.9 Å². The van der Waals surface area contributed by atoms with Crippen molar-refractivity contribution in [2.75, 3.05) is 23.7 Å². The normalized spacial score (nSPS) is 21.1. The summed E-state index contributed by atoms with van der Waals surface area (Å²) in [6.07, 6.45) is 2.84. The van der Waals surface area contributed by atoms with Gasteiger partial charge >= 0.3 is 0 Å². The van der Waals surface area contributed by atoms with Crippen LogP contribution in [0.5, 0.6) is 0 Å². The van der Waals surface area contributed by atoms with Crippen LogP contribution in [0.2, 0.25) is 0 Å². The van der Waals surface area contributed by atoms with E-state index in [4.69, 9.17) is 0 Å². The zero-order valence-electron chi connectivity index (χ0n) is 22.5. The summed E-state index contributed by atoms with van der Waals surface area (Å²) >= 11 is 0. The average molecular weight is 524 g/mol. The molecule has 1 spiro atoms. The third-order valence-corrected chi connectivity index (χ3v) is 8.12. The van der Waals surface area contributed by atoms with Crippen LogP contribution < -0.4 is 16.0 Å². The second kappa shape index (κ2) is 9.31. The predicted octanol–water partition coefficient (Wildman–Crippen LogP) is 3.73. The minimum Gasteiger partial charge on any atom is -0.325 e. The van der Waals surface area contributed by atoms with Crippen molar-refractivity contribution in [3.8, 4) is 0 Å². The molecule has 3 N–H and O–H groups in total. The Balaban J connectivity index is 1.22. The summed E-state index contributed by atoms with van der Waals surface area (Å²) in [4.78, 5) is 46.0. The first-order valence-corrected chi connectivity index (χ1v) is 13.4. The van der Waals surface area contributed by atoms with Crippen LogP contribution >= 0.6 is 0 Å². The van der Waals surface area contributed by atoms with Crippen LogP contribution in [0.1, 0.15) is 54.6 Å². The van der Waals surface area contributed by atoms with Crippen LogP contribution in [-0.4, -0.2) is 40.7 Å². The molecule has 0 saturated heterocycles. The number of amides is 3. The molecule has 3 amide bonds. The molecule has 0 radical (unpaired) electrons. The first kappa shape index (κ1) is 25.2. The van der Waals surface area contributed by atoms with E-state index < -0.39 is 10.8 Å². The summed E-state index contributed by atoms with van der Waals surface area (Å²) in [5.74, 6) is 0.273. The van der Waals surface area contributed by atoms with E-state index in [2.05, 4.69) is 27.0 Å². The molecule has 0 bridgehead atoms. The fraction of sp³-hybridized carbons (Fsp3) is 0.355. The highest BCUT2D eigenvalue weighted by atomic mass is 16.2. The number of anilines is 2. The molecule has 3 heterocycles. The number of rotatable bonds is 4. The molecule has 8 nitrogen and oxygen atoms in total. The summed E-state index contributed by atoms with van der Waals surface area (Å²) in [7, 11) is 0. The second-order valence-electron chi connectivity index (χ2n) is 11.8. The van der Waals surface area contributed by atoms with Crippen molar-refractivity contribution < 1.29 is 14.4 Å². The van der Waals surface area contributed by atoms with Gasteiger partial charge in [0, 0.05) is 36.0 Å². The second-order valence-corrected chi connectivity index (χ2v) is 11.8. The summed E-state index contributed by atoms with van der Waals surface area (Å²) in [6, 6.07) is 17.5. The number of carbonyl (C=O) groups is 3. The van der Waals surface area contributed by atoms with Crippen molar-refractivity contribution in [3.05, 3.63) is 88.6 Å². The molecule has 6 rings (SSSR count). The van der Waals surface area contributed by atoms with Crippen molar-refractivity contribution in [2.24, 2.45) is 5.41 Å². The number of nitrogens with zero attached hydrogens (tertiary/aromatic N) is 2. The molecule has 200 valence electrons. The lowest BCUT2D eigenvalue weighted by atomic mass is 9.79. The van der Waals surface area contributed by atoms with Crippen LogP contribution in [0.25, 0.3) is 0 Å². The number of aromatic nitrogens is 1. The predicted molar refractivity (Wildman–Crippen MR) is 149 cm³/mol. The summed E-state index contributed by atoms with van der Waals surface area (Å²) < 4.78 is 0. The van der Waals surface area contributed by atoms with E-state index in [9.17, 15) is 14.4 Å². The SMILES string of the molecule is CC(C)(C)C(=O)N(CC(=O)Nc1ccc2c(c1)CC1(C2)C(=O)Nc2ncccc21)C1CNCc2ccccc21. The first-order chi connectivity index (χ1) is 18.7. The minimum atomic E-state index is -0.661.